The molecule has 0 bridgehead atoms. The van der Waals surface area contributed by atoms with Crippen LogP contribution in [-0.2, 0) is 9.59 Å². The number of ether oxygens (including phenoxy) is 1. The van der Waals surface area contributed by atoms with Crippen molar-refractivity contribution in [1.82, 2.24) is 10.6 Å². The van der Waals surface area contributed by atoms with E-state index in [1.165, 1.54) is 6.42 Å². The van der Waals surface area contributed by atoms with Gasteiger partial charge in [-0.25, -0.2) is 0 Å². The molecule has 1 aliphatic carbocycles. The number of amides is 2. The fraction of sp³-hybridized carbons (Fsp3) is 0.517. The normalized spacial score (nSPS) is 16.8. The summed E-state index contributed by atoms with van der Waals surface area (Å²) in [5.41, 5.74) is 1.69. The Morgan fingerprint density at radius 2 is 1.59 bits per heavy atom. The average molecular weight is 465 g/mol. The predicted octanol–water partition coefficient (Wildman–Crippen LogP) is 5.91. The highest BCUT2D eigenvalue weighted by Gasteiger charge is 2.28. The molecule has 34 heavy (non-hydrogen) atoms. The molecule has 0 saturated heterocycles. The van der Waals surface area contributed by atoms with E-state index in [0.717, 1.165) is 55.4 Å². The number of carbonyl (C=O) groups excluding carboxylic acids is 2. The quantitative estimate of drug-likeness (QED) is 0.434. The van der Waals surface area contributed by atoms with Crippen LogP contribution >= 0.6 is 0 Å². The fourth-order valence-corrected chi connectivity index (χ4v) is 4.56. The standard InChI is InChI=1S/C29H40N2O3/c1-4-11-21(2)20-34-26-18-16-24(17-19-26)27(29(33)30-25-14-9-6-10-15-25)31-28(32)22(3)23-12-7-5-8-13-23/h5,7-8,12-13,16-19,21-22,25,27H,4,6,9-11,14-15,20H2,1-3H3,(H,30,33)(H,31,32)/t21?,22-,27+/m0/s1. The second-order valence-corrected chi connectivity index (χ2v) is 9.69. The Bertz CT molecular complexity index is 891. The summed E-state index contributed by atoms with van der Waals surface area (Å²) >= 11 is 0. The first-order valence-electron chi connectivity index (χ1n) is 12.9. The molecule has 0 aromatic heterocycles. The van der Waals surface area contributed by atoms with Crippen molar-refractivity contribution in [2.24, 2.45) is 5.92 Å². The molecule has 2 N–H and O–H groups in total. The second-order valence-electron chi connectivity index (χ2n) is 9.69. The average Bonchev–Trinajstić information content (AvgIpc) is 2.87. The number of hydrogen-bond donors (Lipinski definition) is 2. The van der Waals surface area contributed by atoms with Crippen LogP contribution in [0.3, 0.4) is 0 Å². The number of nitrogens with one attached hydrogen (secondary N) is 2. The lowest BCUT2D eigenvalue weighted by atomic mass is 9.94. The molecule has 5 heteroatoms. The van der Waals surface area contributed by atoms with E-state index in [1.807, 2.05) is 61.5 Å². The van der Waals surface area contributed by atoms with Gasteiger partial charge in [0.05, 0.1) is 12.5 Å². The monoisotopic (exact) mass is 464 g/mol. The van der Waals surface area contributed by atoms with Crippen LogP contribution in [0.1, 0.15) is 88.8 Å². The Balaban J connectivity index is 1.72. The van der Waals surface area contributed by atoms with Crippen LogP contribution in [0.4, 0.5) is 0 Å². The van der Waals surface area contributed by atoms with Crippen molar-refractivity contribution in [1.29, 1.82) is 0 Å². The molecule has 1 fully saturated rings. The molecule has 1 saturated carbocycles. The first kappa shape index (κ1) is 25.8. The summed E-state index contributed by atoms with van der Waals surface area (Å²) in [7, 11) is 0. The van der Waals surface area contributed by atoms with Gasteiger partial charge in [0.1, 0.15) is 11.8 Å². The third-order valence-corrected chi connectivity index (χ3v) is 6.72. The summed E-state index contributed by atoms with van der Waals surface area (Å²) in [4.78, 5) is 26.4. The van der Waals surface area contributed by atoms with E-state index in [4.69, 9.17) is 4.74 Å². The predicted molar refractivity (Wildman–Crippen MR) is 137 cm³/mol. The summed E-state index contributed by atoms with van der Waals surface area (Å²) in [6.07, 6.45) is 7.75. The first-order valence-corrected chi connectivity index (χ1v) is 12.9. The maximum Gasteiger partial charge on any atom is 0.247 e. The smallest absolute Gasteiger partial charge is 0.247 e. The lowest BCUT2D eigenvalue weighted by Gasteiger charge is -2.27. The van der Waals surface area contributed by atoms with Crippen molar-refractivity contribution in [3.05, 3.63) is 65.7 Å². The first-order chi connectivity index (χ1) is 16.5. The molecular weight excluding hydrogens is 424 g/mol. The van der Waals surface area contributed by atoms with Gasteiger partial charge in [-0.2, -0.15) is 0 Å². The molecule has 184 valence electrons. The van der Waals surface area contributed by atoms with Crippen molar-refractivity contribution in [3.63, 3.8) is 0 Å². The maximum atomic E-state index is 13.3. The van der Waals surface area contributed by atoms with Crippen LogP contribution < -0.4 is 15.4 Å². The molecular formula is C29H40N2O3. The van der Waals surface area contributed by atoms with Gasteiger partial charge in [0.15, 0.2) is 0 Å². The van der Waals surface area contributed by atoms with Gasteiger partial charge in [-0.3, -0.25) is 9.59 Å². The zero-order chi connectivity index (χ0) is 24.3. The Hall–Kier alpha value is -2.82. The minimum atomic E-state index is -0.742. The van der Waals surface area contributed by atoms with E-state index >= 15 is 0 Å². The largest absolute Gasteiger partial charge is 0.493 e. The fourth-order valence-electron chi connectivity index (χ4n) is 4.56. The van der Waals surface area contributed by atoms with Crippen LogP contribution in [0.2, 0.25) is 0 Å². The topological polar surface area (TPSA) is 67.4 Å². The van der Waals surface area contributed by atoms with E-state index in [2.05, 4.69) is 24.5 Å². The van der Waals surface area contributed by atoms with E-state index < -0.39 is 6.04 Å². The summed E-state index contributed by atoms with van der Waals surface area (Å²) < 4.78 is 5.93. The third-order valence-electron chi connectivity index (χ3n) is 6.72. The van der Waals surface area contributed by atoms with Gasteiger partial charge in [0, 0.05) is 6.04 Å². The van der Waals surface area contributed by atoms with Crippen LogP contribution in [0.5, 0.6) is 5.75 Å². The molecule has 0 aliphatic heterocycles. The van der Waals surface area contributed by atoms with Gasteiger partial charge < -0.3 is 15.4 Å². The number of benzene rings is 2. The summed E-state index contributed by atoms with van der Waals surface area (Å²) in [6, 6.07) is 16.6. The highest BCUT2D eigenvalue weighted by atomic mass is 16.5. The minimum absolute atomic E-state index is 0.147. The van der Waals surface area contributed by atoms with Crippen molar-refractivity contribution in [2.75, 3.05) is 6.61 Å². The number of hydrogen-bond acceptors (Lipinski definition) is 3. The Morgan fingerprint density at radius 1 is 0.912 bits per heavy atom. The molecule has 1 unspecified atom stereocenters. The highest BCUT2D eigenvalue weighted by molar-refractivity contribution is 5.91. The van der Waals surface area contributed by atoms with Crippen molar-refractivity contribution >= 4 is 11.8 Å². The molecule has 2 aromatic rings. The lowest BCUT2D eigenvalue weighted by Crippen LogP contribution is -2.45. The number of carbonyl (C=O) groups is 2. The maximum absolute atomic E-state index is 13.3. The van der Waals surface area contributed by atoms with Gasteiger partial charge in [0.25, 0.3) is 0 Å². The number of rotatable bonds is 11. The van der Waals surface area contributed by atoms with Gasteiger partial charge in [0.2, 0.25) is 11.8 Å². The van der Waals surface area contributed by atoms with Gasteiger partial charge in [-0.05, 0) is 55.4 Å². The van der Waals surface area contributed by atoms with E-state index in [9.17, 15) is 9.59 Å². The summed E-state index contributed by atoms with van der Waals surface area (Å²) in [5, 5.41) is 6.20. The Morgan fingerprint density at radius 3 is 2.24 bits per heavy atom. The molecule has 3 atom stereocenters. The Labute approximate surface area is 204 Å². The zero-order valence-electron chi connectivity index (χ0n) is 20.9. The van der Waals surface area contributed by atoms with Crippen molar-refractivity contribution in [2.45, 2.75) is 83.7 Å². The van der Waals surface area contributed by atoms with E-state index in [0.29, 0.717) is 12.5 Å². The molecule has 0 radical (unpaired) electrons. The van der Waals surface area contributed by atoms with Crippen LogP contribution in [-0.4, -0.2) is 24.5 Å². The van der Waals surface area contributed by atoms with Crippen molar-refractivity contribution < 1.29 is 14.3 Å². The lowest BCUT2D eigenvalue weighted by molar-refractivity contribution is -0.130. The Kier molecular flexibility index (Phi) is 9.99. The van der Waals surface area contributed by atoms with Crippen LogP contribution in [0.15, 0.2) is 54.6 Å². The highest BCUT2D eigenvalue weighted by Crippen LogP contribution is 2.23. The molecule has 3 rings (SSSR count). The molecule has 2 aromatic carbocycles. The summed E-state index contributed by atoms with van der Waals surface area (Å²) in [6.45, 7) is 6.91. The SMILES string of the molecule is CCCC(C)COc1ccc([C@@H](NC(=O)[C@@H](C)c2ccccc2)C(=O)NC2CCCCC2)cc1. The third kappa shape index (κ3) is 7.61. The van der Waals surface area contributed by atoms with Crippen LogP contribution in [0, 0.1) is 5.92 Å². The van der Waals surface area contributed by atoms with Crippen molar-refractivity contribution in [3.8, 4) is 5.75 Å². The molecule has 1 aliphatic rings. The van der Waals surface area contributed by atoms with Gasteiger partial charge >= 0.3 is 0 Å². The van der Waals surface area contributed by atoms with Gasteiger partial charge in [-0.15, -0.1) is 0 Å². The van der Waals surface area contributed by atoms with E-state index in [-0.39, 0.29) is 23.8 Å². The minimum Gasteiger partial charge on any atom is -0.493 e. The molecule has 0 spiro atoms. The molecule has 5 nitrogen and oxygen atoms in total. The molecule has 0 heterocycles. The van der Waals surface area contributed by atoms with Crippen LogP contribution in [0.25, 0.3) is 0 Å². The molecule has 2 amide bonds. The second kappa shape index (κ2) is 13.2. The van der Waals surface area contributed by atoms with E-state index in [1.54, 1.807) is 0 Å². The van der Waals surface area contributed by atoms with Gasteiger partial charge in [-0.1, -0.05) is 82.0 Å². The summed E-state index contributed by atoms with van der Waals surface area (Å²) in [5.74, 6) is 0.614. The zero-order valence-corrected chi connectivity index (χ0v) is 20.9.